The highest BCUT2D eigenvalue weighted by atomic mass is 16.5. The van der Waals surface area contributed by atoms with Gasteiger partial charge in [-0.3, -0.25) is 0 Å². The molecule has 0 saturated carbocycles. The number of anilines is 1. The van der Waals surface area contributed by atoms with Gasteiger partial charge in [0.15, 0.2) is 5.54 Å². The average Bonchev–Trinajstić information content (AvgIpc) is 2.76. The van der Waals surface area contributed by atoms with Gasteiger partial charge in [0.25, 0.3) is 0 Å². The molecule has 0 aliphatic carbocycles. The third-order valence-corrected chi connectivity index (χ3v) is 4.97. The second-order valence-corrected chi connectivity index (χ2v) is 6.62. The van der Waals surface area contributed by atoms with E-state index in [-0.39, 0.29) is 5.97 Å². The van der Waals surface area contributed by atoms with Gasteiger partial charge in [0.05, 0.1) is 14.2 Å². The highest BCUT2D eigenvalue weighted by molar-refractivity contribution is 5.87. The number of hydrogen-bond acceptors (Lipinski definition) is 4. The molecule has 0 heterocycles. The molecular formula is C24H31NO3. The fourth-order valence-electron chi connectivity index (χ4n) is 3.55. The number of carbonyl (C=O) groups is 1. The van der Waals surface area contributed by atoms with Gasteiger partial charge < -0.3 is 14.4 Å². The van der Waals surface area contributed by atoms with Crippen LogP contribution in [0.25, 0.3) is 0 Å². The second-order valence-electron chi connectivity index (χ2n) is 6.62. The number of allylic oxidation sites excluding steroid dienone is 1. The molecule has 0 aliphatic heterocycles. The van der Waals surface area contributed by atoms with Crippen LogP contribution in [0.5, 0.6) is 5.75 Å². The Bertz CT molecular complexity index is 755. The number of hydrogen-bond donors (Lipinski definition) is 0. The lowest BCUT2D eigenvalue weighted by molar-refractivity contribution is -0.147. The summed E-state index contributed by atoms with van der Waals surface area (Å²) in [5.74, 6) is 0.517. The van der Waals surface area contributed by atoms with Gasteiger partial charge in [-0.05, 0) is 43.2 Å². The molecule has 4 heteroatoms. The third-order valence-electron chi connectivity index (χ3n) is 4.97. The summed E-state index contributed by atoms with van der Waals surface area (Å²) in [5.41, 5.74) is 0.922. The first-order valence-electron chi connectivity index (χ1n) is 9.84. The predicted octanol–water partition coefficient (Wildman–Crippen LogP) is 5.34. The van der Waals surface area contributed by atoms with E-state index >= 15 is 0 Å². The van der Waals surface area contributed by atoms with Crippen LogP contribution in [0, 0.1) is 0 Å². The largest absolute Gasteiger partial charge is 0.497 e. The molecule has 0 aromatic heterocycles. The fraction of sp³-hybridized carbons (Fsp3) is 0.375. The summed E-state index contributed by atoms with van der Waals surface area (Å²) in [7, 11) is 3.10. The minimum atomic E-state index is -0.941. The van der Waals surface area contributed by atoms with Gasteiger partial charge in [0.1, 0.15) is 5.75 Å². The van der Waals surface area contributed by atoms with Crippen LogP contribution in [0.3, 0.4) is 0 Å². The van der Waals surface area contributed by atoms with Crippen molar-refractivity contribution in [1.29, 1.82) is 0 Å². The van der Waals surface area contributed by atoms with E-state index in [1.807, 2.05) is 54.6 Å². The van der Waals surface area contributed by atoms with E-state index in [9.17, 15) is 4.79 Å². The summed E-state index contributed by atoms with van der Waals surface area (Å²) in [5, 5.41) is 0. The molecule has 150 valence electrons. The maximum Gasteiger partial charge on any atom is 0.336 e. The van der Waals surface area contributed by atoms with Crippen LogP contribution < -0.4 is 9.64 Å². The summed E-state index contributed by atoms with van der Waals surface area (Å²) in [6, 6.07) is 17.7. The third kappa shape index (κ3) is 4.56. The van der Waals surface area contributed by atoms with E-state index in [1.165, 1.54) is 7.11 Å². The van der Waals surface area contributed by atoms with E-state index in [4.69, 9.17) is 9.47 Å². The number of rotatable bonds is 10. The van der Waals surface area contributed by atoms with Crippen molar-refractivity contribution < 1.29 is 14.3 Å². The minimum Gasteiger partial charge on any atom is -0.497 e. The summed E-state index contributed by atoms with van der Waals surface area (Å²) in [6.07, 6.45) is 6.83. The first-order chi connectivity index (χ1) is 13.6. The topological polar surface area (TPSA) is 38.8 Å². The SMILES string of the molecule is CCC/C=C\C[C@@](C(=O)OC)(c1ccccc1)N(CC)c1ccc(OC)cc1. The number of methoxy groups -OCH3 is 2. The van der Waals surface area contributed by atoms with E-state index in [0.717, 1.165) is 29.8 Å². The zero-order valence-corrected chi connectivity index (χ0v) is 17.4. The average molecular weight is 382 g/mol. The first kappa shape index (κ1) is 21.5. The number of carbonyl (C=O) groups excluding carboxylic acids is 1. The quantitative estimate of drug-likeness (QED) is 0.411. The Hall–Kier alpha value is -2.75. The van der Waals surface area contributed by atoms with Crippen molar-refractivity contribution in [2.45, 2.75) is 38.6 Å². The lowest BCUT2D eigenvalue weighted by Gasteiger charge is -2.42. The van der Waals surface area contributed by atoms with Crippen molar-refractivity contribution in [3.63, 3.8) is 0 Å². The highest BCUT2D eigenvalue weighted by Gasteiger charge is 2.45. The molecule has 2 aromatic carbocycles. The molecule has 0 amide bonds. The van der Waals surface area contributed by atoms with Crippen molar-refractivity contribution in [2.24, 2.45) is 0 Å². The number of esters is 1. The number of unbranched alkanes of at least 4 members (excludes halogenated alkanes) is 1. The summed E-state index contributed by atoms with van der Waals surface area (Å²) >= 11 is 0. The van der Waals surface area contributed by atoms with Crippen LogP contribution in [0.15, 0.2) is 66.7 Å². The van der Waals surface area contributed by atoms with Gasteiger partial charge >= 0.3 is 5.97 Å². The maximum absolute atomic E-state index is 13.3. The van der Waals surface area contributed by atoms with Gasteiger partial charge in [-0.25, -0.2) is 4.79 Å². The molecule has 28 heavy (non-hydrogen) atoms. The van der Waals surface area contributed by atoms with E-state index < -0.39 is 5.54 Å². The molecule has 0 N–H and O–H groups in total. The van der Waals surface area contributed by atoms with E-state index in [1.54, 1.807) is 7.11 Å². The summed E-state index contributed by atoms with van der Waals surface area (Å²) in [4.78, 5) is 15.4. The molecule has 0 aliphatic rings. The molecule has 0 spiro atoms. The highest BCUT2D eigenvalue weighted by Crippen LogP contribution is 2.38. The zero-order chi connectivity index (χ0) is 20.4. The smallest absolute Gasteiger partial charge is 0.336 e. The fourth-order valence-corrected chi connectivity index (χ4v) is 3.55. The van der Waals surface area contributed by atoms with Crippen molar-refractivity contribution in [1.82, 2.24) is 0 Å². The van der Waals surface area contributed by atoms with Gasteiger partial charge in [0, 0.05) is 18.7 Å². The summed E-state index contributed by atoms with van der Waals surface area (Å²) in [6.45, 7) is 4.85. The monoisotopic (exact) mass is 381 g/mol. The van der Waals surface area contributed by atoms with Crippen LogP contribution in [0.2, 0.25) is 0 Å². The molecule has 0 saturated heterocycles. The Morgan fingerprint density at radius 1 is 1.00 bits per heavy atom. The molecule has 2 rings (SSSR count). The predicted molar refractivity (Wildman–Crippen MR) is 115 cm³/mol. The first-order valence-corrected chi connectivity index (χ1v) is 9.84. The zero-order valence-electron chi connectivity index (χ0n) is 17.4. The lowest BCUT2D eigenvalue weighted by atomic mass is 9.83. The Labute approximate surface area is 168 Å². The van der Waals surface area contributed by atoms with E-state index in [0.29, 0.717) is 13.0 Å². The van der Waals surface area contributed by atoms with Crippen molar-refractivity contribution in [2.75, 3.05) is 25.7 Å². The lowest BCUT2D eigenvalue weighted by Crippen LogP contribution is -2.53. The normalized spacial score (nSPS) is 13.1. The van der Waals surface area contributed by atoms with Gasteiger partial charge in [-0.15, -0.1) is 0 Å². The molecule has 2 aromatic rings. The van der Waals surface area contributed by atoms with Crippen molar-refractivity contribution >= 4 is 11.7 Å². The van der Waals surface area contributed by atoms with Crippen molar-refractivity contribution in [3.8, 4) is 5.75 Å². The molecule has 0 fully saturated rings. The van der Waals surface area contributed by atoms with Crippen molar-refractivity contribution in [3.05, 3.63) is 72.3 Å². The number of likely N-dealkylation sites (N-methyl/N-ethyl adjacent to an activating group) is 1. The number of benzene rings is 2. The van der Waals surface area contributed by atoms with Gasteiger partial charge in [-0.1, -0.05) is 55.8 Å². The van der Waals surface area contributed by atoms with Crippen LogP contribution in [0.1, 0.15) is 38.7 Å². The van der Waals surface area contributed by atoms with Crippen LogP contribution in [-0.2, 0) is 15.1 Å². The van der Waals surface area contributed by atoms with Crippen LogP contribution in [-0.4, -0.2) is 26.7 Å². The summed E-state index contributed by atoms with van der Waals surface area (Å²) < 4.78 is 10.6. The molecule has 0 bridgehead atoms. The minimum absolute atomic E-state index is 0.266. The molecule has 0 unspecified atom stereocenters. The van der Waals surface area contributed by atoms with Crippen LogP contribution in [0.4, 0.5) is 5.69 Å². The maximum atomic E-state index is 13.3. The Morgan fingerprint density at radius 3 is 2.21 bits per heavy atom. The Balaban J connectivity index is 2.62. The van der Waals surface area contributed by atoms with Gasteiger partial charge in [-0.2, -0.15) is 0 Å². The second kappa shape index (κ2) is 10.5. The standard InChI is InChI=1S/C24H31NO3/c1-5-7-8-12-19-24(23(26)28-4,20-13-10-9-11-14-20)25(6-2)21-15-17-22(27-3)18-16-21/h8-18H,5-7,19H2,1-4H3/b12-8-/t24-/m0/s1. The Morgan fingerprint density at radius 2 is 1.68 bits per heavy atom. The number of ether oxygens (including phenoxy) is 2. The molecule has 1 atom stereocenters. The molecule has 4 nitrogen and oxygen atoms in total. The van der Waals surface area contributed by atoms with E-state index in [2.05, 4.69) is 30.9 Å². The molecular weight excluding hydrogens is 350 g/mol. The molecule has 0 radical (unpaired) electrons. The van der Waals surface area contributed by atoms with Gasteiger partial charge in [0.2, 0.25) is 0 Å². The van der Waals surface area contributed by atoms with Crippen LogP contribution >= 0.6 is 0 Å². The Kier molecular flexibility index (Phi) is 8.12. The number of nitrogens with zero attached hydrogens (tertiary/aromatic N) is 1.